The molecule has 1 fully saturated rings. The van der Waals surface area contributed by atoms with E-state index in [9.17, 15) is 9.90 Å². The highest BCUT2D eigenvalue weighted by molar-refractivity contribution is 9.11. The summed E-state index contributed by atoms with van der Waals surface area (Å²) in [6, 6.07) is 3.68. The predicted octanol–water partition coefficient (Wildman–Crippen LogP) is 2.89. The molecule has 0 radical (unpaired) electrons. The van der Waals surface area contributed by atoms with Gasteiger partial charge in [-0.2, -0.15) is 0 Å². The van der Waals surface area contributed by atoms with Crippen LogP contribution in [-0.4, -0.2) is 35.1 Å². The summed E-state index contributed by atoms with van der Waals surface area (Å²) in [6.07, 6.45) is 3.73. The van der Waals surface area contributed by atoms with Crippen molar-refractivity contribution in [2.45, 2.75) is 31.3 Å². The Morgan fingerprint density at radius 1 is 1.53 bits per heavy atom. The van der Waals surface area contributed by atoms with Crippen molar-refractivity contribution >= 4 is 33.2 Å². The lowest BCUT2D eigenvalue weighted by molar-refractivity contribution is 0.0158. The number of carbonyl (C=O) groups excluding carboxylic acids is 1. The molecule has 1 aliphatic rings. The van der Waals surface area contributed by atoms with Gasteiger partial charge in [0.25, 0.3) is 5.91 Å². The van der Waals surface area contributed by atoms with E-state index in [4.69, 9.17) is 0 Å². The van der Waals surface area contributed by atoms with Crippen molar-refractivity contribution in [3.8, 4) is 0 Å². The molecule has 0 spiro atoms. The van der Waals surface area contributed by atoms with Crippen LogP contribution in [0.4, 0.5) is 0 Å². The maximum atomic E-state index is 12.1. The van der Waals surface area contributed by atoms with E-state index >= 15 is 0 Å². The van der Waals surface area contributed by atoms with Gasteiger partial charge in [0.1, 0.15) is 0 Å². The van der Waals surface area contributed by atoms with E-state index in [0.29, 0.717) is 11.4 Å². The second kappa shape index (κ2) is 5.08. The second-order valence-electron chi connectivity index (χ2n) is 4.70. The van der Waals surface area contributed by atoms with Crippen molar-refractivity contribution in [3.63, 3.8) is 0 Å². The summed E-state index contributed by atoms with van der Waals surface area (Å²) in [5.41, 5.74) is -0.668. The van der Waals surface area contributed by atoms with Crippen LogP contribution < -0.4 is 0 Å². The number of hydrogen-bond acceptors (Lipinski definition) is 3. The summed E-state index contributed by atoms with van der Waals surface area (Å²) >= 11 is 4.77. The largest absolute Gasteiger partial charge is 0.388 e. The molecule has 0 bridgehead atoms. The summed E-state index contributed by atoms with van der Waals surface area (Å²) in [5.74, 6) is -0.0129. The molecule has 0 saturated heterocycles. The molecule has 1 N–H and O–H groups in total. The van der Waals surface area contributed by atoms with Gasteiger partial charge in [0, 0.05) is 13.6 Å². The lowest BCUT2D eigenvalue weighted by Gasteiger charge is -2.28. The van der Waals surface area contributed by atoms with Gasteiger partial charge in [-0.25, -0.2) is 0 Å². The number of hydrogen-bond donors (Lipinski definition) is 1. The molecule has 1 heterocycles. The Morgan fingerprint density at radius 3 is 2.71 bits per heavy atom. The minimum atomic E-state index is -0.668. The van der Waals surface area contributed by atoms with Crippen LogP contribution in [-0.2, 0) is 0 Å². The molecule has 1 saturated carbocycles. The number of rotatable bonds is 3. The van der Waals surface area contributed by atoms with Gasteiger partial charge in [-0.1, -0.05) is 12.8 Å². The molecule has 1 aromatic rings. The first kappa shape index (κ1) is 13.1. The van der Waals surface area contributed by atoms with E-state index in [2.05, 4.69) is 15.9 Å². The van der Waals surface area contributed by atoms with E-state index in [1.165, 1.54) is 11.3 Å². The molecular formula is C12H16BrNO2S. The zero-order valence-corrected chi connectivity index (χ0v) is 12.2. The zero-order chi connectivity index (χ0) is 12.5. The predicted molar refractivity (Wildman–Crippen MR) is 72.4 cm³/mol. The Balaban J connectivity index is 2.00. The van der Waals surface area contributed by atoms with Gasteiger partial charge in [0.05, 0.1) is 14.3 Å². The molecule has 17 heavy (non-hydrogen) atoms. The van der Waals surface area contributed by atoms with Crippen LogP contribution in [0.2, 0.25) is 0 Å². The maximum Gasteiger partial charge on any atom is 0.263 e. The summed E-state index contributed by atoms with van der Waals surface area (Å²) in [7, 11) is 1.76. The van der Waals surface area contributed by atoms with E-state index < -0.39 is 5.60 Å². The minimum Gasteiger partial charge on any atom is -0.388 e. The highest BCUT2D eigenvalue weighted by Gasteiger charge is 2.33. The average molecular weight is 318 g/mol. The Kier molecular flexibility index (Phi) is 3.90. The normalized spacial score (nSPS) is 18.3. The van der Waals surface area contributed by atoms with Crippen LogP contribution in [0.5, 0.6) is 0 Å². The Labute approximate surface area is 114 Å². The minimum absolute atomic E-state index is 0.0129. The summed E-state index contributed by atoms with van der Waals surface area (Å²) in [4.78, 5) is 14.4. The number of carbonyl (C=O) groups is 1. The number of amides is 1. The molecule has 5 heteroatoms. The van der Waals surface area contributed by atoms with Crippen LogP contribution in [0.1, 0.15) is 35.4 Å². The van der Waals surface area contributed by atoms with Crippen molar-refractivity contribution in [1.82, 2.24) is 4.90 Å². The molecule has 0 atom stereocenters. The van der Waals surface area contributed by atoms with Crippen LogP contribution in [0.3, 0.4) is 0 Å². The lowest BCUT2D eigenvalue weighted by Crippen LogP contribution is -2.41. The number of thiophene rings is 1. The van der Waals surface area contributed by atoms with E-state index in [-0.39, 0.29) is 5.91 Å². The van der Waals surface area contributed by atoms with Gasteiger partial charge >= 0.3 is 0 Å². The third kappa shape index (κ3) is 3.09. The average Bonchev–Trinajstić information content (AvgIpc) is 2.86. The van der Waals surface area contributed by atoms with Gasteiger partial charge in [-0.15, -0.1) is 11.3 Å². The Morgan fingerprint density at radius 2 is 2.18 bits per heavy atom. The molecule has 2 rings (SSSR count). The van der Waals surface area contributed by atoms with Crippen LogP contribution >= 0.6 is 27.3 Å². The monoisotopic (exact) mass is 317 g/mol. The fraction of sp³-hybridized carbons (Fsp3) is 0.583. The maximum absolute atomic E-state index is 12.1. The van der Waals surface area contributed by atoms with E-state index in [1.54, 1.807) is 11.9 Å². The fourth-order valence-electron chi connectivity index (χ4n) is 2.32. The summed E-state index contributed by atoms with van der Waals surface area (Å²) in [6.45, 7) is 0.432. The van der Waals surface area contributed by atoms with E-state index in [0.717, 1.165) is 29.5 Å². The molecule has 94 valence electrons. The zero-order valence-electron chi connectivity index (χ0n) is 9.78. The Bertz CT molecular complexity index is 412. The number of halogens is 1. The molecule has 1 aromatic heterocycles. The molecule has 0 aromatic carbocycles. The molecule has 1 aliphatic carbocycles. The lowest BCUT2D eigenvalue weighted by atomic mass is 10.0. The van der Waals surface area contributed by atoms with E-state index in [1.807, 2.05) is 12.1 Å². The van der Waals surface area contributed by atoms with Crippen molar-refractivity contribution in [2.75, 3.05) is 13.6 Å². The molecule has 0 aliphatic heterocycles. The SMILES string of the molecule is CN(CC1(O)CCCC1)C(=O)c1ccc(Br)s1. The van der Waals surface area contributed by atoms with Gasteiger partial charge in [0.15, 0.2) is 0 Å². The topological polar surface area (TPSA) is 40.5 Å². The first-order chi connectivity index (χ1) is 8.00. The molecule has 1 amide bonds. The molecule has 0 unspecified atom stereocenters. The number of likely N-dealkylation sites (N-methyl/N-ethyl adjacent to an activating group) is 1. The Hall–Kier alpha value is -0.390. The van der Waals surface area contributed by atoms with Crippen molar-refractivity contribution in [2.24, 2.45) is 0 Å². The first-order valence-electron chi connectivity index (χ1n) is 5.73. The quantitative estimate of drug-likeness (QED) is 0.931. The fourth-order valence-corrected chi connectivity index (χ4v) is 3.70. The summed E-state index contributed by atoms with van der Waals surface area (Å²) < 4.78 is 0.953. The highest BCUT2D eigenvalue weighted by atomic mass is 79.9. The molecular weight excluding hydrogens is 302 g/mol. The van der Waals surface area contributed by atoms with Gasteiger partial charge < -0.3 is 10.0 Å². The van der Waals surface area contributed by atoms with Gasteiger partial charge in [-0.3, -0.25) is 4.79 Å². The number of nitrogens with zero attached hydrogens (tertiary/aromatic N) is 1. The van der Waals surface area contributed by atoms with Crippen LogP contribution in [0.15, 0.2) is 15.9 Å². The second-order valence-corrected chi connectivity index (χ2v) is 7.16. The van der Waals surface area contributed by atoms with Crippen molar-refractivity contribution in [1.29, 1.82) is 0 Å². The van der Waals surface area contributed by atoms with Crippen LogP contribution in [0.25, 0.3) is 0 Å². The third-order valence-corrected chi connectivity index (χ3v) is 4.81. The van der Waals surface area contributed by atoms with Gasteiger partial charge in [0.2, 0.25) is 0 Å². The first-order valence-corrected chi connectivity index (χ1v) is 7.34. The van der Waals surface area contributed by atoms with Crippen molar-refractivity contribution in [3.05, 3.63) is 20.8 Å². The van der Waals surface area contributed by atoms with Crippen LogP contribution in [0, 0.1) is 0 Å². The molecule has 3 nitrogen and oxygen atoms in total. The highest BCUT2D eigenvalue weighted by Crippen LogP contribution is 2.30. The standard InChI is InChI=1S/C12H16BrNO2S/c1-14(8-12(16)6-2-3-7-12)11(15)9-4-5-10(13)17-9/h4-5,16H,2-3,6-8H2,1H3. The van der Waals surface area contributed by atoms with Gasteiger partial charge in [-0.05, 0) is 40.9 Å². The number of aliphatic hydroxyl groups is 1. The smallest absolute Gasteiger partial charge is 0.263 e. The van der Waals surface area contributed by atoms with Crippen molar-refractivity contribution < 1.29 is 9.90 Å². The third-order valence-electron chi connectivity index (χ3n) is 3.20. The summed E-state index contributed by atoms with van der Waals surface area (Å²) in [5, 5.41) is 10.3.